The van der Waals surface area contributed by atoms with E-state index >= 15 is 0 Å². The quantitative estimate of drug-likeness (QED) is 0.464. The Bertz CT molecular complexity index is 994. The summed E-state index contributed by atoms with van der Waals surface area (Å²) >= 11 is 11.9. The minimum atomic E-state index is -0.809. The molecule has 2 aromatic carbocycles. The third-order valence-electron chi connectivity index (χ3n) is 4.91. The van der Waals surface area contributed by atoms with Gasteiger partial charge in [0.05, 0.1) is 5.02 Å². The fraction of sp³-hybridized carbons (Fsp3) is 0.348. The van der Waals surface area contributed by atoms with Crippen molar-refractivity contribution < 1.29 is 23.9 Å². The Morgan fingerprint density at radius 2 is 1.82 bits per heavy atom. The molecule has 176 valence electrons. The molecule has 0 aliphatic carbocycles. The van der Waals surface area contributed by atoms with E-state index < -0.39 is 6.10 Å². The molecule has 33 heavy (non-hydrogen) atoms. The number of halogens is 2. The van der Waals surface area contributed by atoms with E-state index in [0.29, 0.717) is 40.2 Å². The molecule has 0 bridgehead atoms. The van der Waals surface area contributed by atoms with Crippen LogP contribution in [0.5, 0.6) is 5.75 Å². The summed E-state index contributed by atoms with van der Waals surface area (Å²) in [6.07, 6.45) is 0.408. The highest BCUT2D eigenvalue weighted by atomic mass is 35.5. The second kappa shape index (κ2) is 11.9. The van der Waals surface area contributed by atoms with Gasteiger partial charge in [0.15, 0.2) is 6.10 Å². The van der Waals surface area contributed by atoms with Crippen molar-refractivity contribution in [2.45, 2.75) is 32.0 Å². The number of carbonyl (C=O) groups is 3. The summed E-state index contributed by atoms with van der Waals surface area (Å²) < 4.78 is 10.9. The van der Waals surface area contributed by atoms with Gasteiger partial charge in [0.2, 0.25) is 5.91 Å². The van der Waals surface area contributed by atoms with Crippen molar-refractivity contribution in [1.82, 2.24) is 10.6 Å². The van der Waals surface area contributed by atoms with Gasteiger partial charge in [-0.1, -0.05) is 23.2 Å². The van der Waals surface area contributed by atoms with Crippen LogP contribution >= 0.6 is 23.2 Å². The molecule has 3 rings (SSSR count). The largest absolute Gasteiger partial charge is 0.479 e. The first-order valence-electron chi connectivity index (χ1n) is 10.5. The van der Waals surface area contributed by atoms with E-state index in [-0.39, 0.29) is 30.4 Å². The van der Waals surface area contributed by atoms with E-state index in [2.05, 4.69) is 16.0 Å². The molecule has 0 spiro atoms. The van der Waals surface area contributed by atoms with Gasteiger partial charge in [0.1, 0.15) is 11.9 Å². The molecular weight excluding hydrogens is 469 g/mol. The monoisotopic (exact) mass is 493 g/mol. The van der Waals surface area contributed by atoms with Gasteiger partial charge in [-0.3, -0.25) is 14.4 Å². The zero-order valence-electron chi connectivity index (χ0n) is 18.0. The first-order valence-corrected chi connectivity index (χ1v) is 11.3. The molecule has 2 atom stereocenters. The summed E-state index contributed by atoms with van der Waals surface area (Å²) in [5.41, 5.74) is 0.939. The molecule has 1 saturated heterocycles. The van der Waals surface area contributed by atoms with Gasteiger partial charge >= 0.3 is 0 Å². The van der Waals surface area contributed by atoms with Crippen molar-refractivity contribution in [3.05, 3.63) is 58.1 Å². The van der Waals surface area contributed by atoms with E-state index in [0.717, 1.165) is 12.8 Å². The number of nitrogens with one attached hydrogen (secondary N) is 3. The van der Waals surface area contributed by atoms with Crippen LogP contribution in [0.3, 0.4) is 0 Å². The molecule has 2 unspecified atom stereocenters. The van der Waals surface area contributed by atoms with E-state index in [4.69, 9.17) is 32.7 Å². The molecule has 1 fully saturated rings. The average molecular weight is 494 g/mol. The first-order chi connectivity index (χ1) is 15.8. The first kappa shape index (κ1) is 24.8. The summed E-state index contributed by atoms with van der Waals surface area (Å²) in [6.45, 7) is 2.81. The molecule has 0 aromatic heterocycles. The molecule has 2 aromatic rings. The van der Waals surface area contributed by atoms with Gasteiger partial charge in [-0.15, -0.1) is 0 Å². The van der Waals surface area contributed by atoms with Crippen molar-refractivity contribution in [2.75, 3.05) is 25.0 Å². The Kier molecular flexibility index (Phi) is 8.94. The second-order valence-corrected chi connectivity index (χ2v) is 8.29. The number of hydrogen-bond donors (Lipinski definition) is 3. The van der Waals surface area contributed by atoms with Crippen LogP contribution in [0.25, 0.3) is 0 Å². The summed E-state index contributed by atoms with van der Waals surface area (Å²) in [5.74, 6) is -0.463. The lowest BCUT2D eigenvalue weighted by Gasteiger charge is -2.16. The van der Waals surface area contributed by atoms with Gasteiger partial charge in [-0.05, 0) is 62.2 Å². The van der Waals surface area contributed by atoms with Gasteiger partial charge in [0, 0.05) is 36.0 Å². The number of benzene rings is 2. The van der Waals surface area contributed by atoms with Crippen LogP contribution in [-0.4, -0.2) is 49.6 Å². The van der Waals surface area contributed by atoms with Crippen molar-refractivity contribution in [3.63, 3.8) is 0 Å². The van der Waals surface area contributed by atoms with Crippen LogP contribution < -0.4 is 20.7 Å². The van der Waals surface area contributed by atoms with Crippen LogP contribution in [0.1, 0.15) is 30.1 Å². The predicted molar refractivity (Wildman–Crippen MR) is 126 cm³/mol. The number of carbonyl (C=O) groups excluding carboxylic acids is 3. The fourth-order valence-electron chi connectivity index (χ4n) is 3.13. The topological polar surface area (TPSA) is 106 Å². The molecule has 1 aliphatic rings. The van der Waals surface area contributed by atoms with Crippen molar-refractivity contribution in [2.24, 2.45) is 0 Å². The van der Waals surface area contributed by atoms with Crippen molar-refractivity contribution in [1.29, 1.82) is 0 Å². The molecule has 0 saturated carbocycles. The Morgan fingerprint density at radius 3 is 2.48 bits per heavy atom. The zero-order chi connectivity index (χ0) is 23.8. The third-order valence-corrected chi connectivity index (χ3v) is 5.44. The molecule has 1 aliphatic heterocycles. The number of ether oxygens (including phenoxy) is 2. The number of hydrogen-bond acceptors (Lipinski definition) is 5. The molecule has 8 nitrogen and oxygen atoms in total. The predicted octanol–water partition coefficient (Wildman–Crippen LogP) is 3.42. The average Bonchev–Trinajstić information content (AvgIpc) is 3.34. The lowest BCUT2D eigenvalue weighted by Crippen LogP contribution is -2.39. The van der Waals surface area contributed by atoms with Gasteiger partial charge in [-0.2, -0.15) is 0 Å². The highest BCUT2D eigenvalue weighted by molar-refractivity contribution is 6.35. The maximum absolute atomic E-state index is 12.4. The van der Waals surface area contributed by atoms with Crippen LogP contribution in [0.4, 0.5) is 5.69 Å². The summed E-state index contributed by atoms with van der Waals surface area (Å²) in [7, 11) is 0. The molecule has 10 heteroatoms. The fourth-order valence-corrected chi connectivity index (χ4v) is 3.58. The minimum Gasteiger partial charge on any atom is -0.479 e. The number of anilines is 1. The lowest BCUT2D eigenvalue weighted by atomic mass is 10.2. The van der Waals surface area contributed by atoms with Gasteiger partial charge in [0.25, 0.3) is 11.8 Å². The van der Waals surface area contributed by atoms with Gasteiger partial charge < -0.3 is 25.4 Å². The third kappa shape index (κ3) is 7.35. The summed E-state index contributed by atoms with van der Waals surface area (Å²) in [5, 5.41) is 8.98. The van der Waals surface area contributed by atoms with Crippen LogP contribution in [0, 0.1) is 0 Å². The molecule has 3 amide bonds. The van der Waals surface area contributed by atoms with Crippen molar-refractivity contribution in [3.8, 4) is 5.75 Å². The molecule has 1 heterocycles. The summed E-state index contributed by atoms with van der Waals surface area (Å²) in [6, 6.07) is 11.2. The van der Waals surface area contributed by atoms with Crippen LogP contribution in [0.15, 0.2) is 42.5 Å². The second-order valence-electron chi connectivity index (χ2n) is 7.45. The highest BCUT2D eigenvalue weighted by Crippen LogP contribution is 2.28. The lowest BCUT2D eigenvalue weighted by molar-refractivity contribution is -0.130. The van der Waals surface area contributed by atoms with Crippen molar-refractivity contribution >= 4 is 46.6 Å². The molecule has 3 N–H and O–H groups in total. The smallest absolute Gasteiger partial charge is 0.265 e. The van der Waals surface area contributed by atoms with E-state index in [9.17, 15) is 14.4 Å². The van der Waals surface area contributed by atoms with Gasteiger partial charge in [-0.25, -0.2) is 0 Å². The Balaban J connectivity index is 1.42. The molecular formula is C23H25Cl2N3O5. The van der Waals surface area contributed by atoms with E-state index in [1.165, 1.54) is 6.07 Å². The number of amides is 3. The highest BCUT2D eigenvalue weighted by Gasteiger charge is 2.23. The van der Waals surface area contributed by atoms with E-state index in [1.54, 1.807) is 43.3 Å². The van der Waals surface area contributed by atoms with E-state index in [1.807, 2.05) is 0 Å². The standard InChI is InChI=1S/C23H25Cl2N3O5/c1-14(33-19-9-6-16(24)13-18(19)25)21(29)28-17-7-4-15(5-8-17)22(30)26-10-11-27-23(31)20-3-2-12-32-20/h4-9,13-14,20H,2-3,10-12H2,1H3,(H,26,30)(H,27,31)(H,28,29). The Hall–Kier alpha value is -2.81. The maximum atomic E-state index is 12.4. The molecule has 0 radical (unpaired) electrons. The maximum Gasteiger partial charge on any atom is 0.265 e. The Labute approximate surface area is 201 Å². The minimum absolute atomic E-state index is 0.154. The summed E-state index contributed by atoms with van der Waals surface area (Å²) in [4.78, 5) is 36.5. The van der Waals surface area contributed by atoms with Crippen LogP contribution in [0.2, 0.25) is 10.0 Å². The zero-order valence-corrected chi connectivity index (χ0v) is 19.5. The SMILES string of the molecule is CC(Oc1ccc(Cl)cc1Cl)C(=O)Nc1ccc(C(=O)NCCNC(=O)C2CCCO2)cc1. The van der Waals surface area contributed by atoms with Crippen LogP contribution in [-0.2, 0) is 14.3 Å². The normalized spacial score (nSPS) is 16.0. The Morgan fingerprint density at radius 1 is 1.09 bits per heavy atom. The number of rotatable bonds is 9.